The molecule has 0 spiro atoms. The normalized spacial score (nSPS) is 12.2. The van der Waals surface area contributed by atoms with Crippen LogP contribution in [0.3, 0.4) is 0 Å². The number of nitrogens with zero attached hydrogens (tertiary/aromatic N) is 1. The van der Waals surface area contributed by atoms with Gasteiger partial charge in [0.05, 0.1) is 0 Å². The molecular weight excluding hydrogens is 234 g/mol. The van der Waals surface area contributed by atoms with Gasteiger partial charge in [-0.05, 0) is 19.6 Å². The van der Waals surface area contributed by atoms with Gasteiger partial charge in [0.15, 0.2) is 0 Å². The van der Waals surface area contributed by atoms with Gasteiger partial charge >= 0.3 is 5.97 Å². The summed E-state index contributed by atoms with van der Waals surface area (Å²) in [6.45, 7) is 1.51. The fraction of sp³-hybridized carbons (Fsp3) is 0.778. The van der Waals surface area contributed by atoms with Gasteiger partial charge in [-0.3, -0.25) is 4.79 Å². The minimum atomic E-state index is -0.968. The van der Waals surface area contributed by atoms with E-state index in [4.69, 9.17) is 5.11 Å². The number of likely N-dealkylation sites (N-methyl/N-ethyl adjacent to an activating group) is 1. The SMILES string of the molecule is CSSCCCC(=O)N(C)[C@@H](C)C(=O)O. The third-order valence-electron chi connectivity index (χ3n) is 2.07. The van der Waals surface area contributed by atoms with Crippen LogP contribution in [-0.2, 0) is 9.59 Å². The summed E-state index contributed by atoms with van der Waals surface area (Å²) in [6.07, 6.45) is 3.20. The van der Waals surface area contributed by atoms with Crippen molar-refractivity contribution in [2.75, 3.05) is 19.1 Å². The third kappa shape index (κ3) is 5.94. The van der Waals surface area contributed by atoms with Gasteiger partial charge in [0.2, 0.25) is 5.91 Å². The predicted octanol–water partition coefficient (Wildman–Crippen LogP) is 1.71. The second kappa shape index (κ2) is 7.87. The topological polar surface area (TPSA) is 57.6 Å². The Kier molecular flexibility index (Phi) is 7.68. The molecule has 0 aliphatic carbocycles. The lowest BCUT2D eigenvalue weighted by atomic mass is 10.2. The Morgan fingerprint density at radius 2 is 2.07 bits per heavy atom. The number of rotatable bonds is 7. The van der Waals surface area contributed by atoms with Gasteiger partial charge < -0.3 is 10.0 Å². The number of carboxylic acids is 1. The van der Waals surface area contributed by atoms with E-state index in [0.717, 1.165) is 12.2 Å². The highest BCUT2D eigenvalue weighted by atomic mass is 33.1. The molecule has 0 aromatic carbocycles. The van der Waals surface area contributed by atoms with Crippen molar-refractivity contribution in [3.05, 3.63) is 0 Å². The van der Waals surface area contributed by atoms with E-state index in [1.54, 1.807) is 21.6 Å². The molecule has 0 aliphatic heterocycles. The van der Waals surface area contributed by atoms with Crippen molar-refractivity contribution < 1.29 is 14.7 Å². The van der Waals surface area contributed by atoms with Gasteiger partial charge in [0.25, 0.3) is 0 Å². The smallest absolute Gasteiger partial charge is 0.326 e. The second-order valence-electron chi connectivity index (χ2n) is 3.11. The number of hydrogen-bond acceptors (Lipinski definition) is 4. The number of hydrogen-bond donors (Lipinski definition) is 1. The second-order valence-corrected chi connectivity index (χ2v) is 5.80. The summed E-state index contributed by atoms with van der Waals surface area (Å²) in [4.78, 5) is 23.4. The number of carbonyl (C=O) groups is 2. The van der Waals surface area contributed by atoms with Crippen molar-refractivity contribution in [3.8, 4) is 0 Å². The molecule has 6 heteroatoms. The van der Waals surface area contributed by atoms with Crippen LogP contribution in [0.15, 0.2) is 0 Å². The summed E-state index contributed by atoms with van der Waals surface area (Å²) in [7, 11) is 4.91. The maximum absolute atomic E-state index is 11.5. The average Bonchev–Trinajstić information content (AvgIpc) is 2.21. The first-order valence-corrected chi connectivity index (χ1v) is 7.37. The molecule has 0 unspecified atom stereocenters. The Hall–Kier alpha value is -0.360. The minimum Gasteiger partial charge on any atom is -0.480 e. The Labute approximate surface area is 98.2 Å². The molecule has 0 aromatic rings. The molecule has 15 heavy (non-hydrogen) atoms. The Morgan fingerprint density at radius 3 is 2.53 bits per heavy atom. The molecule has 0 bridgehead atoms. The quantitative estimate of drug-likeness (QED) is 0.551. The lowest BCUT2D eigenvalue weighted by Crippen LogP contribution is -2.40. The van der Waals surface area contributed by atoms with Crippen LogP contribution >= 0.6 is 21.6 Å². The highest BCUT2D eigenvalue weighted by Gasteiger charge is 2.20. The Bertz CT molecular complexity index is 223. The standard InChI is InChI=1S/C9H17NO3S2/c1-7(9(12)13)10(2)8(11)5-4-6-15-14-3/h7H,4-6H2,1-3H3,(H,12,13)/t7-/m0/s1. The van der Waals surface area contributed by atoms with Crippen molar-refractivity contribution in [2.45, 2.75) is 25.8 Å². The molecule has 0 radical (unpaired) electrons. The van der Waals surface area contributed by atoms with Crippen LogP contribution < -0.4 is 0 Å². The molecular formula is C9H17NO3S2. The van der Waals surface area contributed by atoms with Crippen LogP contribution in [0.4, 0.5) is 0 Å². The number of carbonyl (C=O) groups excluding carboxylic acids is 1. The average molecular weight is 251 g/mol. The third-order valence-corrected chi connectivity index (χ3v) is 3.97. The summed E-state index contributed by atoms with van der Waals surface area (Å²) >= 11 is 0. The molecule has 88 valence electrons. The van der Waals surface area contributed by atoms with Gasteiger partial charge in [-0.15, -0.1) is 0 Å². The number of aliphatic carboxylic acids is 1. The van der Waals surface area contributed by atoms with Gasteiger partial charge in [0, 0.05) is 19.2 Å². The van der Waals surface area contributed by atoms with Crippen molar-refractivity contribution in [1.29, 1.82) is 0 Å². The van der Waals surface area contributed by atoms with Crippen LogP contribution in [0.1, 0.15) is 19.8 Å². The number of carboxylic acid groups (broad SMARTS) is 1. The van der Waals surface area contributed by atoms with Crippen LogP contribution in [-0.4, -0.2) is 47.0 Å². The molecule has 1 N–H and O–H groups in total. The summed E-state index contributed by atoms with van der Waals surface area (Å²) in [5.74, 6) is -0.154. The van der Waals surface area contributed by atoms with E-state index < -0.39 is 12.0 Å². The first kappa shape index (κ1) is 14.6. The van der Waals surface area contributed by atoms with Crippen LogP contribution in [0, 0.1) is 0 Å². The highest BCUT2D eigenvalue weighted by molar-refractivity contribution is 8.76. The Morgan fingerprint density at radius 1 is 1.47 bits per heavy atom. The zero-order chi connectivity index (χ0) is 11.8. The van der Waals surface area contributed by atoms with Gasteiger partial charge in [-0.1, -0.05) is 21.6 Å². The van der Waals surface area contributed by atoms with Crippen LogP contribution in [0.25, 0.3) is 0 Å². The summed E-state index contributed by atoms with van der Waals surface area (Å²) in [6, 6.07) is -0.745. The molecule has 0 saturated carbocycles. The predicted molar refractivity (Wildman–Crippen MR) is 65.1 cm³/mol. The lowest BCUT2D eigenvalue weighted by molar-refractivity contribution is -0.148. The molecule has 0 fully saturated rings. The Balaban J connectivity index is 3.84. The first-order valence-electron chi connectivity index (χ1n) is 4.64. The van der Waals surface area contributed by atoms with Crippen molar-refractivity contribution >= 4 is 33.5 Å². The zero-order valence-electron chi connectivity index (χ0n) is 9.23. The van der Waals surface area contributed by atoms with Gasteiger partial charge in [-0.25, -0.2) is 4.79 Å². The largest absolute Gasteiger partial charge is 0.480 e. The van der Waals surface area contributed by atoms with Gasteiger partial charge in [-0.2, -0.15) is 0 Å². The van der Waals surface area contributed by atoms with Crippen molar-refractivity contribution in [2.24, 2.45) is 0 Å². The van der Waals surface area contributed by atoms with E-state index in [2.05, 4.69) is 0 Å². The zero-order valence-corrected chi connectivity index (χ0v) is 10.9. The van der Waals surface area contributed by atoms with E-state index in [1.165, 1.54) is 18.9 Å². The maximum atomic E-state index is 11.5. The van der Waals surface area contributed by atoms with E-state index >= 15 is 0 Å². The molecule has 1 amide bonds. The highest BCUT2D eigenvalue weighted by Crippen LogP contribution is 2.18. The summed E-state index contributed by atoms with van der Waals surface area (Å²) in [5.41, 5.74) is 0. The van der Waals surface area contributed by atoms with E-state index in [-0.39, 0.29) is 5.91 Å². The molecule has 1 atom stereocenters. The van der Waals surface area contributed by atoms with E-state index in [0.29, 0.717) is 6.42 Å². The van der Waals surface area contributed by atoms with Crippen molar-refractivity contribution in [1.82, 2.24) is 4.90 Å². The molecule has 0 saturated heterocycles. The molecule has 4 nitrogen and oxygen atoms in total. The molecule has 0 aliphatic rings. The number of amides is 1. The molecule has 0 rings (SSSR count). The first-order chi connectivity index (χ1) is 7.00. The van der Waals surface area contributed by atoms with E-state index in [9.17, 15) is 9.59 Å². The maximum Gasteiger partial charge on any atom is 0.326 e. The fourth-order valence-corrected chi connectivity index (χ4v) is 2.21. The monoisotopic (exact) mass is 251 g/mol. The summed E-state index contributed by atoms with van der Waals surface area (Å²) < 4.78 is 0. The van der Waals surface area contributed by atoms with Crippen LogP contribution in [0.5, 0.6) is 0 Å². The minimum absolute atomic E-state index is 0.105. The van der Waals surface area contributed by atoms with E-state index in [1.807, 2.05) is 6.26 Å². The summed E-state index contributed by atoms with van der Waals surface area (Å²) in [5, 5.41) is 8.71. The molecule has 0 heterocycles. The lowest BCUT2D eigenvalue weighted by Gasteiger charge is -2.21. The van der Waals surface area contributed by atoms with Crippen molar-refractivity contribution in [3.63, 3.8) is 0 Å². The van der Waals surface area contributed by atoms with Gasteiger partial charge in [0.1, 0.15) is 6.04 Å². The molecule has 0 aromatic heterocycles. The van der Waals surface area contributed by atoms with Crippen LogP contribution in [0.2, 0.25) is 0 Å². The fourth-order valence-electron chi connectivity index (χ4n) is 0.924.